The van der Waals surface area contributed by atoms with Gasteiger partial charge >= 0.3 is 5.97 Å². The summed E-state index contributed by atoms with van der Waals surface area (Å²) in [5.41, 5.74) is 4.59. The third-order valence-electron chi connectivity index (χ3n) is 3.59. The first kappa shape index (κ1) is 13.5. The van der Waals surface area contributed by atoms with Crippen molar-refractivity contribution >= 4 is 17.7 Å². The summed E-state index contributed by atoms with van der Waals surface area (Å²) in [4.78, 5) is 27.0. The first-order chi connectivity index (χ1) is 9.01. The highest BCUT2D eigenvalue weighted by molar-refractivity contribution is 5.92. The number of nitrogens with two attached hydrogens (primary N) is 1. The SMILES string of the molecule is NC1(C(=O)O)CCC(C(=O)Nc2ccccn2)CC1. The molecule has 0 bridgehead atoms. The van der Waals surface area contributed by atoms with Gasteiger partial charge in [-0.1, -0.05) is 6.07 Å². The first-order valence-corrected chi connectivity index (χ1v) is 6.25. The van der Waals surface area contributed by atoms with Crippen molar-refractivity contribution in [1.29, 1.82) is 0 Å². The predicted octanol–water partition coefficient (Wildman–Crippen LogP) is 0.992. The van der Waals surface area contributed by atoms with E-state index in [4.69, 9.17) is 10.8 Å². The summed E-state index contributed by atoms with van der Waals surface area (Å²) in [6.45, 7) is 0. The van der Waals surface area contributed by atoms with Crippen LogP contribution in [0.3, 0.4) is 0 Å². The fourth-order valence-corrected chi connectivity index (χ4v) is 2.27. The largest absolute Gasteiger partial charge is 0.480 e. The van der Waals surface area contributed by atoms with Crippen molar-refractivity contribution in [2.45, 2.75) is 31.2 Å². The quantitative estimate of drug-likeness (QED) is 0.754. The number of aliphatic carboxylic acids is 1. The molecule has 1 amide bonds. The van der Waals surface area contributed by atoms with Gasteiger partial charge in [-0.3, -0.25) is 9.59 Å². The van der Waals surface area contributed by atoms with Crippen molar-refractivity contribution < 1.29 is 14.7 Å². The maximum absolute atomic E-state index is 12.0. The minimum atomic E-state index is -1.18. The molecule has 0 aromatic carbocycles. The smallest absolute Gasteiger partial charge is 0.323 e. The number of hydrogen-bond acceptors (Lipinski definition) is 4. The molecule has 1 heterocycles. The fraction of sp³-hybridized carbons (Fsp3) is 0.462. The highest BCUT2D eigenvalue weighted by Gasteiger charge is 2.40. The highest BCUT2D eigenvalue weighted by Crippen LogP contribution is 2.31. The molecule has 0 unspecified atom stereocenters. The minimum absolute atomic E-state index is 0.119. The van der Waals surface area contributed by atoms with E-state index in [9.17, 15) is 9.59 Å². The Balaban J connectivity index is 1.91. The zero-order valence-corrected chi connectivity index (χ0v) is 10.5. The number of anilines is 1. The lowest BCUT2D eigenvalue weighted by atomic mass is 9.77. The van der Waals surface area contributed by atoms with Gasteiger partial charge in [-0.15, -0.1) is 0 Å². The van der Waals surface area contributed by atoms with Crippen LogP contribution >= 0.6 is 0 Å². The van der Waals surface area contributed by atoms with E-state index in [0.29, 0.717) is 31.5 Å². The Morgan fingerprint density at radius 1 is 1.37 bits per heavy atom. The molecule has 4 N–H and O–H groups in total. The van der Waals surface area contributed by atoms with Gasteiger partial charge in [-0.05, 0) is 37.8 Å². The van der Waals surface area contributed by atoms with E-state index in [2.05, 4.69) is 10.3 Å². The number of amides is 1. The first-order valence-electron chi connectivity index (χ1n) is 6.25. The maximum atomic E-state index is 12.0. The lowest BCUT2D eigenvalue weighted by Gasteiger charge is -2.32. The summed E-state index contributed by atoms with van der Waals surface area (Å²) in [6.07, 6.45) is 3.22. The molecule has 1 fully saturated rings. The van der Waals surface area contributed by atoms with Crippen LogP contribution in [-0.4, -0.2) is 27.5 Å². The van der Waals surface area contributed by atoms with Crippen LogP contribution in [0.5, 0.6) is 0 Å². The third-order valence-corrected chi connectivity index (χ3v) is 3.59. The van der Waals surface area contributed by atoms with Crippen molar-refractivity contribution in [3.63, 3.8) is 0 Å². The van der Waals surface area contributed by atoms with Crippen LogP contribution in [-0.2, 0) is 9.59 Å². The van der Waals surface area contributed by atoms with Crippen molar-refractivity contribution in [3.05, 3.63) is 24.4 Å². The second-order valence-corrected chi connectivity index (χ2v) is 4.94. The Hall–Kier alpha value is -1.95. The zero-order valence-electron chi connectivity index (χ0n) is 10.5. The molecule has 0 spiro atoms. The monoisotopic (exact) mass is 263 g/mol. The number of nitrogens with one attached hydrogen (secondary N) is 1. The average molecular weight is 263 g/mol. The van der Waals surface area contributed by atoms with Gasteiger partial charge in [0.1, 0.15) is 11.4 Å². The molecule has 1 aliphatic rings. The van der Waals surface area contributed by atoms with E-state index in [1.54, 1.807) is 24.4 Å². The van der Waals surface area contributed by atoms with Crippen LogP contribution < -0.4 is 11.1 Å². The highest BCUT2D eigenvalue weighted by atomic mass is 16.4. The van der Waals surface area contributed by atoms with Gasteiger partial charge in [-0.2, -0.15) is 0 Å². The molecule has 0 aliphatic heterocycles. The number of rotatable bonds is 3. The van der Waals surface area contributed by atoms with Gasteiger partial charge in [0.15, 0.2) is 0 Å². The molecule has 19 heavy (non-hydrogen) atoms. The molecular formula is C13H17N3O3. The summed E-state index contributed by atoms with van der Waals surface area (Å²) in [6, 6.07) is 5.27. The van der Waals surface area contributed by atoms with E-state index >= 15 is 0 Å². The van der Waals surface area contributed by atoms with Crippen molar-refractivity contribution in [3.8, 4) is 0 Å². The standard InChI is InChI=1S/C13H17N3O3/c14-13(12(18)19)6-4-9(5-7-13)11(17)16-10-3-1-2-8-15-10/h1-3,8-9H,4-7,14H2,(H,18,19)(H,15,16,17). The van der Waals surface area contributed by atoms with E-state index in [0.717, 1.165) is 0 Å². The van der Waals surface area contributed by atoms with Gasteiger partial charge in [0.2, 0.25) is 5.91 Å². The average Bonchev–Trinajstić information content (AvgIpc) is 2.40. The minimum Gasteiger partial charge on any atom is -0.480 e. The summed E-state index contributed by atoms with van der Waals surface area (Å²) < 4.78 is 0. The van der Waals surface area contributed by atoms with Crippen LogP contribution in [0.4, 0.5) is 5.82 Å². The number of carboxylic acid groups (broad SMARTS) is 1. The van der Waals surface area contributed by atoms with Crippen molar-refractivity contribution in [1.82, 2.24) is 4.98 Å². The second kappa shape index (κ2) is 5.36. The molecule has 1 saturated carbocycles. The fourth-order valence-electron chi connectivity index (χ4n) is 2.27. The number of hydrogen-bond donors (Lipinski definition) is 3. The Morgan fingerprint density at radius 2 is 2.05 bits per heavy atom. The van der Waals surface area contributed by atoms with E-state index < -0.39 is 11.5 Å². The summed E-state index contributed by atoms with van der Waals surface area (Å²) >= 11 is 0. The third kappa shape index (κ3) is 3.08. The Bertz CT molecular complexity index is 467. The van der Waals surface area contributed by atoms with Crippen LogP contribution in [0.15, 0.2) is 24.4 Å². The number of carbonyl (C=O) groups is 2. The molecule has 2 rings (SSSR count). The Labute approximate surface area is 111 Å². The molecule has 1 aromatic heterocycles. The molecule has 1 aromatic rings. The number of carboxylic acids is 1. The number of nitrogens with zero attached hydrogens (tertiary/aromatic N) is 1. The van der Waals surface area contributed by atoms with Crippen LogP contribution in [0.25, 0.3) is 0 Å². The molecular weight excluding hydrogens is 246 g/mol. The van der Waals surface area contributed by atoms with E-state index in [1.165, 1.54) is 0 Å². The van der Waals surface area contributed by atoms with Crippen molar-refractivity contribution in [2.75, 3.05) is 5.32 Å². The number of carbonyl (C=O) groups excluding carboxylic acids is 1. The zero-order chi connectivity index (χ0) is 13.9. The van der Waals surface area contributed by atoms with E-state index in [1.807, 2.05) is 0 Å². The molecule has 1 aliphatic carbocycles. The number of aromatic nitrogens is 1. The molecule has 102 valence electrons. The predicted molar refractivity (Wildman–Crippen MR) is 69.4 cm³/mol. The molecule has 0 atom stereocenters. The van der Waals surface area contributed by atoms with Crippen LogP contribution in [0.1, 0.15) is 25.7 Å². The molecule has 0 radical (unpaired) electrons. The summed E-state index contributed by atoms with van der Waals surface area (Å²) in [5, 5.41) is 11.8. The van der Waals surface area contributed by atoms with Gasteiger partial charge in [0.05, 0.1) is 0 Å². The van der Waals surface area contributed by atoms with Gasteiger partial charge in [0, 0.05) is 12.1 Å². The summed E-state index contributed by atoms with van der Waals surface area (Å²) in [7, 11) is 0. The molecule has 6 nitrogen and oxygen atoms in total. The van der Waals surface area contributed by atoms with Crippen LogP contribution in [0, 0.1) is 5.92 Å². The lowest BCUT2D eigenvalue weighted by molar-refractivity contribution is -0.145. The van der Waals surface area contributed by atoms with E-state index in [-0.39, 0.29) is 11.8 Å². The lowest BCUT2D eigenvalue weighted by Crippen LogP contribution is -2.51. The van der Waals surface area contributed by atoms with Crippen molar-refractivity contribution in [2.24, 2.45) is 11.7 Å². The molecule has 6 heteroatoms. The van der Waals surface area contributed by atoms with Crippen LogP contribution in [0.2, 0.25) is 0 Å². The van der Waals surface area contributed by atoms with Gasteiger partial charge in [0.25, 0.3) is 0 Å². The second-order valence-electron chi connectivity index (χ2n) is 4.94. The number of pyridine rings is 1. The topological polar surface area (TPSA) is 105 Å². The summed E-state index contributed by atoms with van der Waals surface area (Å²) in [5.74, 6) is -0.796. The Morgan fingerprint density at radius 3 is 2.58 bits per heavy atom. The Kier molecular flexibility index (Phi) is 3.80. The van der Waals surface area contributed by atoms with Gasteiger partial charge < -0.3 is 16.2 Å². The normalized spacial score (nSPS) is 26.7. The maximum Gasteiger partial charge on any atom is 0.323 e. The van der Waals surface area contributed by atoms with Gasteiger partial charge in [-0.25, -0.2) is 4.98 Å². The molecule has 0 saturated heterocycles.